The molecule has 69 valence electrons. The lowest BCUT2D eigenvalue weighted by Gasteiger charge is -1.97. The van der Waals surface area contributed by atoms with Gasteiger partial charge in [0.2, 0.25) is 0 Å². The molecule has 2 aromatic rings. The van der Waals surface area contributed by atoms with E-state index < -0.39 is 5.91 Å². The van der Waals surface area contributed by atoms with Crippen LogP contribution in [0.25, 0.3) is 11.0 Å². The van der Waals surface area contributed by atoms with E-state index in [0.717, 1.165) is 6.07 Å². The predicted octanol–water partition coefficient (Wildman–Crippen LogP) is 1.22. The van der Waals surface area contributed by atoms with E-state index in [1.54, 1.807) is 24.3 Å². The zero-order chi connectivity index (χ0) is 10.1. The van der Waals surface area contributed by atoms with E-state index in [1.807, 2.05) is 0 Å². The Morgan fingerprint density at radius 1 is 1.29 bits per heavy atom. The second-order valence-corrected chi connectivity index (χ2v) is 2.80. The number of fused-ring (bicyclic) bond motifs is 1. The first-order valence-electron chi connectivity index (χ1n) is 3.97. The molecule has 0 aliphatic carbocycles. The van der Waals surface area contributed by atoms with Gasteiger partial charge >= 0.3 is 5.91 Å². The molecule has 14 heavy (non-hydrogen) atoms. The van der Waals surface area contributed by atoms with E-state index in [2.05, 4.69) is 0 Å². The van der Waals surface area contributed by atoms with Crippen LogP contribution in [0, 0.1) is 0 Å². The van der Waals surface area contributed by atoms with Crippen LogP contribution < -0.4 is 11.2 Å². The van der Waals surface area contributed by atoms with E-state index in [-0.39, 0.29) is 11.2 Å². The number of hydrogen-bond donors (Lipinski definition) is 0. The monoisotopic (exact) mass is 188 g/mol. The molecule has 0 bridgehead atoms. The van der Waals surface area contributed by atoms with Gasteiger partial charge in [-0.05, 0) is 12.1 Å². The average molecular weight is 188 g/mol. The number of benzene rings is 1. The number of hydrogen-bond acceptors (Lipinski definition) is 3. The van der Waals surface area contributed by atoms with Gasteiger partial charge in [-0.1, -0.05) is 12.1 Å². The molecule has 2 rings (SSSR count). The molecule has 0 saturated heterocycles. The van der Waals surface area contributed by atoms with Crippen molar-refractivity contribution in [2.45, 2.75) is 0 Å². The molecule has 4 heteroatoms. The Hall–Kier alpha value is -2.10. The third-order valence-electron chi connectivity index (χ3n) is 1.86. The maximum Gasteiger partial charge on any atom is 0.305 e. The van der Waals surface area contributed by atoms with Crippen molar-refractivity contribution in [1.29, 1.82) is 0 Å². The van der Waals surface area contributed by atoms with Crippen LogP contribution >= 0.6 is 0 Å². The smallest absolute Gasteiger partial charge is 0.305 e. The van der Waals surface area contributed by atoms with Gasteiger partial charge in [-0.2, -0.15) is 0 Å². The van der Waals surface area contributed by atoms with Gasteiger partial charge in [-0.3, -0.25) is 15.3 Å². The molecule has 0 unspecified atom stereocenters. The first kappa shape index (κ1) is 8.50. The highest BCUT2D eigenvalue weighted by Crippen LogP contribution is 2.10. The van der Waals surface area contributed by atoms with Crippen molar-refractivity contribution in [3.8, 4) is 0 Å². The average Bonchev–Trinajstić information content (AvgIpc) is 2.17. The lowest BCUT2D eigenvalue weighted by molar-refractivity contribution is 0.0966. The van der Waals surface area contributed by atoms with Crippen molar-refractivity contribution < 1.29 is 9.21 Å². The molecular weight excluding hydrogens is 182 g/mol. The number of nitrogens with one attached hydrogen (secondary N) is 1. The van der Waals surface area contributed by atoms with Crippen LogP contribution in [0.4, 0.5) is 0 Å². The minimum atomic E-state index is -0.993. The van der Waals surface area contributed by atoms with Gasteiger partial charge < -0.3 is 4.42 Å². The second-order valence-electron chi connectivity index (χ2n) is 2.80. The van der Waals surface area contributed by atoms with E-state index in [4.69, 9.17) is 10.2 Å². The molecule has 4 nitrogen and oxygen atoms in total. The minimum absolute atomic E-state index is 0.228. The van der Waals surface area contributed by atoms with Gasteiger partial charge in [0.05, 0.1) is 5.39 Å². The van der Waals surface area contributed by atoms with Crippen molar-refractivity contribution in [1.82, 2.24) is 5.73 Å². The third kappa shape index (κ3) is 1.26. The Morgan fingerprint density at radius 2 is 2.00 bits per heavy atom. The first-order valence-corrected chi connectivity index (χ1v) is 3.97. The van der Waals surface area contributed by atoms with Gasteiger partial charge in [0.15, 0.2) is 11.2 Å². The van der Waals surface area contributed by atoms with Crippen LogP contribution in [-0.4, -0.2) is 5.91 Å². The highest BCUT2D eigenvalue weighted by Gasteiger charge is 2.08. The zero-order valence-corrected chi connectivity index (χ0v) is 7.11. The Balaban J connectivity index is 2.86. The van der Waals surface area contributed by atoms with Crippen LogP contribution in [0.15, 0.2) is 39.5 Å². The normalized spacial score (nSPS) is 10.3. The summed E-state index contributed by atoms with van der Waals surface area (Å²) in [5.74, 6) is -1.22. The van der Waals surface area contributed by atoms with Gasteiger partial charge in [0.1, 0.15) is 5.58 Å². The van der Waals surface area contributed by atoms with Crippen molar-refractivity contribution in [2.24, 2.45) is 0 Å². The molecule has 0 spiro atoms. The molecule has 0 atom stereocenters. The summed E-state index contributed by atoms with van der Waals surface area (Å²) < 4.78 is 5.07. The predicted molar refractivity (Wildman–Crippen MR) is 49.9 cm³/mol. The zero-order valence-electron chi connectivity index (χ0n) is 7.11. The van der Waals surface area contributed by atoms with Crippen LogP contribution in [0.5, 0.6) is 0 Å². The maximum absolute atomic E-state index is 11.4. The van der Waals surface area contributed by atoms with Crippen molar-refractivity contribution in [3.63, 3.8) is 0 Å². The van der Waals surface area contributed by atoms with Gasteiger partial charge in [-0.15, -0.1) is 0 Å². The Labute approximate surface area is 78.9 Å². The van der Waals surface area contributed by atoms with E-state index >= 15 is 0 Å². The van der Waals surface area contributed by atoms with E-state index in [0.29, 0.717) is 11.0 Å². The number of rotatable bonds is 1. The molecule has 1 N–H and O–H groups in total. The summed E-state index contributed by atoms with van der Waals surface area (Å²) in [6.45, 7) is 0. The number of carbonyl (C=O) groups is 1. The van der Waals surface area contributed by atoms with Crippen LogP contribution in [0.2, 0.25) is 0 Å². The molecule has 0 fully saturated rings. The molecule has 0 aliphatic heterocycles. The number of amides is 1. The lowest BCUT2D eigenvalue weighted by atomic mass is 10.2. The second kappa shape index (κ2) is 2.99. The fourth-order valence-corrected chi connectivity index (χ4v) is 1.22. The van der Waals surface area contributed by atoms with Crippen LogP contribution in [-0.2, 0) is 0 Å². The maximum atomic E-state index is 11.4. The van der Waals surface area contributed by atoms with Crippen molar-refractivity contribution in [3.05, 3.63) is 46.3 Å². The summed E-state index contributed by atoms with van der Waals surface area (Å²) in [6, 6.07) is 7.64. The molecule has 1 amide bonds. The summed E-state index contributed by atoms with van der Waals surface area (Å²) in [7, 11) is 0. The standard InChI is InChI=1S/C10H6NO3/c11-10(13)9-5-7(12)6-3-1-2-4-8(6)14-9/h1-5,11H. The van der Waals surface area contributed by atoms with Gasteiger partial charge in [0.25, 0.3) is 0 Å². The molecule has 0 aliphatic rings. The fourth-order valence-electron chi connectivity index (χ4n) is 1.22. The van der Waals surface area contributed by atoms with Gasteiger partial charge in [-0.25, -0.2) is 0 Å². The Bertz CT molecular complexity index is 557. The highest BCUT2D eigenvalue weighted by molar-refractivity contribution is 5.91. The topological polar surface area (TPSA) is 71.1 Å². The van der Waals surface area contributed by atoms with Crippen LogP contribution in [0.1, 0.15) is 10.6 Å². The van der Waals surface area contributed by atoms with Crippen LogP contribution in [0.3, 0.4) is 0 Å². The third-order valence-corrected chi connectivity index (χ3v) is 1.86. The molecule has 1 heterocycles. The molecule has 1 aromatic carbocycles. The minimum Gasteiger partial charge on any atom is -0.451 e. The van der Waals surface area contributed by atoms with Crippen molar-refractivity contribution in [2.75, 3.05) is 0 Å². The quantitative estimate of drug-likeness (QED) is 0.675. The highest BCUT2D eigenvalue weighted by atomic mass is 16.3. The SMILES string of the molecule is [NH]C(=O)c1cc(=O)c2ccccc2o1. The van der Waals surface area contributed by atoms with Gasteiger partial charge in [0, 0.05) is 6.07 Å². The molecular formula is C10H6NO3. The Kier molecular flexibility index (Phi) is 1.81. The molecule has 0 saturated carbocycles. The summed E-state index contributed by atoms with van der Waals surface area (Å²) in [4.78, 5) is 22.1. The fraction of sp³-hybridized carbons (Fsp3) is 0. The first-order chi connectivity index (χ1) is 6.68. The number of carbonyl (C=O) groups excluding carboxylic acids is 1. The van der Waals surface area contributed by atoms with E-state index in [9.17, 15) is 9.59 Å². The summed E-state index contributed by atoms with van der Waals surface area (Å²) >= 11 is 0. The largest absolute Gasteiger partial charge is 0.451 e. The molecule has 1 radical (unpaired) electrons. The summed E-state index contributed by atoms with van der Waals surface area (Å²) in [5.41, 5.74) is 6.85. The van der Waals surface area contributed by atoms with E-state index in [1.165, 1.54) is 0 Å². The Morgan fingerprint density at radius 3 is 2.71 bits per heavy atom. The lowest BCUT2D eigenvalue weighted by Crippen LogP contribution is -2.07. The molecule has 1 aromatic heterocycles. The van der Waals surface area contributed by atoms with Crippen molar-refractivity contribution >= 4 is 16.9 Å². The summed E-state index contributed by atoms with van der Waals surface area (Å²) in [5, 5.41) is 0.414. The number of para-hydroxylation sites is 1. The summed E-state index contributed by atoms with van der Waals surface area (Å²) in [6.07, 6.45) is 0.